The molecule has 1 spiro atoms. The summed E-state index contributed by atoms with van der Waals surface area (Å²) in [7, 11) is 0. The van der Waals surface area contributed by atoms with Gasteiger partial charge in [-0.25, -0.2) is 0 Å². The molecule has 21 heavy (non-hydrogen) atoms. The first-order valence-electron chi connectivity index (χ1n) is 8.06. The average molecular weight is 295 g/mol. The highest BCUT2D eigenvalue weighted by Crippen LogP contribution is 2.40. The van der Waals surface area contributed by atoms with E-state index in [2.05, 4.69) is 18.7 Å². The molecule has 0 aromatic heterocycles. The Labute approximate surface area is 125 Å². The summed E-state index contributed by atoms with van der Waals surface area (Å²) >= 11 is 0. The molecule has 3 saturated heterocycles. The zero-order valence-corrected chi connectivity index (χ0v) is 12.9. The zero-order valence-electron chi connectivity index (χ0n) is 12.9. The van der Waals surface area contributed by atoms with E-state index in [9.17, 15) is 14.7 Å². The number of carbonyl (C=O) groups excluding carboxylic acids is 2. The van der Waals surface area contributed by atoms with Crippen LogP contribution in [0.3, 0.4) is 0 Å². The number of likely N-dealkylation sites (N-methyl/N-ethyl adjacent to an activating group) is 1. The smallest absolute Gasteiger partial charge is 0.252 e. The molecule has 1 N–H and O–H groups in total. The Morgan fingerprint density at radius 1 is 1.29 bits per heavy atom. The van der Waals surface area contributed by atoms with Crippen LogP contribution in [0, 0.1) is 0 Å². The average Bonchev–Trinajstić information content (AvgIpc) is 2.80. The van der Waals surface area contributed by atoms with Crippen LogP contribution < -0.4 is 0 Å². The van der Waals surface area contributed by atoms with E-state index >= 15 is 0 Å². The molecule has 3 aliphatic rings. The predicted molar refractivity (Wildman–Crippen MR) is 77.6 cm³/mol. The Balaban J connectivity index is 1.87. The van der Waals surface area contributed by atoms with Crippen LogP contribution in [0.4, 0.5) is 0 Å². The van der Waals surface area contributed by atoms with Gasteiger partial charge >= 0.3 is 0 Å². The molecule has 3 aliphatic heterocycles. The van der Waals surface area contributed by atoms with Crippen LogP contribution in [-0.4, -0.2) is 82.0 Å². The molecular weight excluding hydrogens is 270 g/mol. The lowest BCUT2D eigenvalue weighted by atomic mass is 9.82. The minimum atomic E-state index is -0.570. The molecule has 6 nitrogen and oxygen atoms in total. The normalized spacial score (nSPS) is 32.6. The van der Waals surface area contributed by atoms with Gasteiger partial charge in [0, 0.05) is 26.2 Å². The molecule has 0 aromatic carbocycles. The highest BCUT2D eigenvalue weighted by molar-refractivity contribution is 6.06. The number of rotatable bonds is 4. The Hall–Kier alpha value is -0.980. The summed E-state index contributed by atoms with van der Waals surface area (Å²) in [6, 6.07) is -0.312. The number of carbonyl (C=O) groups is 2. The molecule has 2 atom stereocenters. The van der Waals surface area contributed by atoms with Gasteiger partial charge in [0.05, 0.1) is 12.1 Å². The molecule has 0 saturated carbocycles. The SMILES string of the molecule is CCCCN1C(=O)C2CC(O)CN2C2(CN(CC)C2)C1=O. The number of amides is 2. The minimum absolute atomic E-state index is 0.0454. The van der Waals surface area contributed by atoms with Gasteiger partial charge in [0.2, 0.25) is 5.91 Å². The van der Waals surface area contributed by atoms with Gasteiger partial charge in [0.25, 0.3) is 5.91 Å². The van der Waals surface area contributed by atoms with Crippen LogP contribution in [0.1, 0.15) is 33.1 Å². The first kappa shape index (κ1) is 14.9. The third kappa shape index (κ3) is 2.12. The van der Waals surface area contributed by atoms with Crippen molar-refractivity contribution < 1.29 is 14.7 Å². The number of fused-ring (bicyclic) bond motifs is 2. The standard InChI is InChI=1S/C15H25N3O3/c1-3-5-6-17-13(20)12-7-11(19)8-18(12)15(14(17)21)9-16(4-2)10-15/h11-12,19H,3-10H2,1-2H3. The van der Waals surface area contributed by atoms with E-state index in [0.29, 0.717) is 32.6 Å². The number of aliphatic hydroxyl groups excluding tert-OH is 1. The van der Waals surface area contributed by atoms with Crippen LogP contribution >= 0.6 is 0 Å². The number of hydrogen-bond donors (Lipinski definition) is 1. The van der Waals surface area contributed by atoms with Crippen molar-refractivity contribution in [3.8, 4) is 0 Å². The molecule has 3 heterocycles. The van der Waals surface area contributed by atoms with Crippen molar-refractivity contribution in [2.75, 3.05) is 32.7 Å². The van der Waals surface area contributed by atoms with Crippen molar-refractivity contribution in [3.05, 3.63) is 0 Å². The van der Waals surface area contributed by atoms with E-state index in [1.165, 1.54) is 4.90 Å². The van der Waals surface area contributed by atoms with E-state index in [1.54, 1.807) is 0 Å². The zero-order chi connectivity index (χ0) is 15.2. The van der Waals surface area contributed by atoms with E-state index in [1.807, 2.05) is 4.90 Å². The second-order valence-corrected chi connectivity index (χ2v) is 6.54. The van der Waals surface area contributed by atoms with E-state index < -0.39 is 11.6 Å². The maximum absolute atomic E-state index is 12.9. The van der Waals surface area contributed by atoms with Gasteiger partial charge in [-0.1, -0.05) is 20.3 Å². The quantitative estimate of drug-likeness (QED) is 0.719. The number of unbranched alkanes of at least 4 members (excludes halogenated alkanes) is 1. The fourth-order valence-corrected chi connectivity index (χ4v) is 3.94. The summed E-state index contributed by atoms with van der Waals surface area (Å²) in [4.78, 5) is 31.2. The number of hydrogen-bond acceptors (Lipinski definition) is 5. The van der Waals surface area contributed by atoms with Gasteiger partial charge in [0.1, 0.15) is 5.54 Å². The summed E-state index contributed by atoms with van der Waals surface area (Å²) < 4.78 is 0. The van der Waals surface area contributed by atoms with Crippen LogP contribution in [0.2, 0.25) is 0 Å². The van der Waals surface area contributed by atoms with Crippen LogP contribution in [0.15, 0.2) is 0 Å². The van der Waals surface area contributed by atoms with Crippen LogP contribution in [0.25, 0.3) is 0 Å². The highest BCUT2D eigenvalue weighted by Gasteiger charge is 2.63. The molecule has 2 unspecified atom stereocenters. The second-order valence-electron chi connectivity index (χ2n) is 6.54. The van der Waals surface area contributed by atoms with Gasteiger partial charge in [-0.2, -0.15) is 0 Å². The Bertz CT molecular complexity index is 447. The van der Waals surface area contributed by atoms with Crippen molar-refractivity contribution in [2.24, 2.45) is 0 Å². The topological polar surface area (TPSA) is 64.1 Å². The highest BCUT2D eigenvalue weighted by atomic mass is 16.3. The van der Waals surface area contributed by atoms with Crippen molar-refractivity contribution in [1.82, 2.24) is 14.7 Å². The lowest BCUT2D eigenvalue weighted by Gasteiger charge is -2.58. The summed E-state index contributed by atoms with van der Waals surface area (Å²) in [6.45, 7) is 7.38. The van der Waals surface area contributed by atoms with Crippen LogP contribution in [0.5, 0.6) is 0 Å². The number of nitrogens with zero attached hydrogens (tertiary/aromatic N) is 3. The fourth-order valence-electron chi connectivity index (χ4n) is 3.94. The van der Waals surface area contributed by atoms with Gasteiger partial charge in [0.15, 0.2) is 0 Å². The van der Waals surface area contributed by atoms with Crippen molar-refractivity contribution in [3.63, 3.8) is 0 Å². The maximum Gasteiger partial charge on any atom is 0.252 e. The molecule has 0 aliphatic carbocycles. The minimum Gasteiger partial charge on any atom is -0.392 e. The summed E-state index contributed by atoms with van der Waals surface area (Å²) in [5.41, 5.74) is -0.570. The third-order valence-electron chi connectivity index (χ3n) is 5.18. The maximum atomic E-state index is 12.9. The van der Waals surface area contributed by atoms with E-state index in [-0.39, 0.29) is 17.9 Å². The van der Waals surface area contributed by atoms with Gasteiger partial charge < -0.3 is 5.11 Å². The van der Waals surface area contributed by atoms with Gasteiger partial charge in [-0.05, 0) is 19.4 Å². The lowest BCUT2D eigenvalue weighted by molar-refractivity contribution is -0.179. The number of likely N-dealkylation sites (tertiary alicyclic amines) is 1. The molecule has 2 amide bonds. The van der Waals surface area contributed by atoms with Crippen LogP contribution in [-0.2, 0) is 9.59 Å². The molecule has 3 rings (SSSR count). The third-order valence-corrected chi connectivity index (χ3v) is 5.18. The number of piperazine rings is 1. The molecule has 0 aromatic rings. The number of aliphatic hydroxyl groups is 1. The lowest BCUT2D eigenvalue weighted by Crippen LogP contribution is -2.81. The van der Waals surface area contributed by atoms with Crippen molar-refractivity contribution in [2.45, 2.75) is 50.8 Å². The van der Waals surface area contributed by atoms with Crippen molar-refractivity contribution >= 4 is 11.8 Å². The predicted octanol–water partition coefficient (Wildman–Crippen LogP) is -0.335. The number of imide groups is 1. The van der Waals surface area contributed by atoms with Crippen molar-refractivity contribution in [1.29, 1.82) is 0 Å². The Morgan fingerprint density at radius 2 is 2.00 bits per heavy atom. The number of β-amino-alcohol motifs (C(OH)–C–C–N with tert-alkyl or cyclic N) is 1. The van der Waals surface area contributed by atoms with Gasteiger partial charge in [-0.3, -0.25) is 24.3 Å². The second kappa shape index (κ2) is 5.34. The molecule has 0 radical (unpaired) electrons. The molecule has 0 bridgehead atoms. The first-order valence-corrected chi connectivity index (χ1v) is 8.06. The van der Waals surface area contributed by atoms with Gasteiger partial charge in [-0.15, -0.1) is 0 Å². The largest absolute Gasteiger partial charge is 0.392 e. The first-order chi connectivity index (χ1) is 10.0. The molecule has 3 fully saturated rings. The summed E-state index contributed by atoms with van der Waals surface area (Å²) in [5, 5.41) is 9.96. The Kier molecular flexibility index (Phi) is 3.80. The Morgan fingerprint density at radius 3 is 2.62 bits per heavy atom. The molecule has 118 valence electrons. The fraction of sp³-hybridized carbons (Fsp3) is 0.867. The monoisotopic (exact) mass is 295 g/mol. The summed E-state index contributed by atoms with van der Waals surface area (Å²) in [5.74, 6) is -0.151. The summed E-state index contributed by atoms with van der Waals surface area (Å²) in [6.07, 6.45) is 1.77. The van der Waals surface area contributed by atoms with E-state index in [0.717, 1.165) is 19.4 Å². The van der Waals surface area contributed by atoms with E-state index in [4.69, 9.17) is 0 Å². The molecular formula is C15H25N3O3. The molecule has 6 heteroatoms.